The Morgan fingerprint density at radius 2 is 1.65 bits per heavy atom. The third-order valence-electron chi connectivity index (χ3n) is 5.11. The second-order valence-electron chi connectivity index (χ2n) is 7.30. The summed E-state index contributed by atoms with van der Waals surface area (Å²) in [4.78, 5) is 12.4. The zero-order valence-corrected chi connectivity index (χ0v) is 13.8. The Hall–Kier alpha value is -1.04. The zero-order valence-electron chi connectivity index (χ0n) is 13.8. The quantitative estimate of drug-likeness (QED) is 0.843. The predicted octanol–water partition coefficient (Wildman–Crippen LogP) is 4.04. The van der Waals surface area contributed by atoms with E-state index in [0.717, 1.165) is 25.7 Å². The molecule has 3 heteroatoms. The molecule has 0 aromatic rings. The van der Waals surface area contributed by atoms with E-state index in [1.165, 1.54) is 0 Å². The van der Waals surface area contributed by atoms with Crippen LogP contribution in [0.3, 0.4) is 0 Å². The smallest absolute Gasteiger partial charge is 0.224 e. The van der Waals surface area contributed by atoms with Crippen LogP contribution >= 0.6 is 0 Å². The van der Waals surface area contributed by atoms with Gasteiger partial charge >= 0.3 is 0 Å². The highest BCUT2D eigenvalue weighted by atomic mass is 16.2. The Labute approximate surface area is 124 Å². The van der Waals surface area contributed by atoms with E-state index < -0.39 is 5.54 Å². The molecule has 1 aliphatic rings. The van der Waals surface area contributed by atoms with Crippen molar-refractivity contribution < 1.29 is 4.79 Å². The number of nitriles is 1. The van der Waals surface area contributed by atoms with E-state index in [9.17, 15) is 10.1 Å². The van der Waals surface area contributed by atoms with Crippen molar-refractivity contribution in [1.82, 2.24) is 5.32 Å². The van der Waals surface area contributed by atoms with E-state index in [4.69, 9.17) is 0 Å². The third kappa shape index (κ3) is 3.98. The van der Waals surface area contributed by atoms with Crippen LogP contribution in [0.5, 0.6) is 0 Å². The van der Waals surface area contributed by atoms with Crippen LogP contribution in [0.15, 0.2) is 0 Å². The number of amides is 1. The number of carbonyl (C=O) groups is 1. The minimum Gasteiger partial charge on any atom is -0.338 e. The number of nitrogens with one attached hydrogen (secondary N) is 1. The van der Waals surface area contributed by atoms with E-state index in [2.05, 4.69) is 32.2 Å². The molecule has 1 N–H and O–H groups in total. The number of nitrogens with zero attached hydrogens (tertiary/aromatic N) is 1. The SMILES string of the molecule is CCC(C#N)(CC)NC(=O)C1CCC(C(C)(C)C)CC1. The molecule has 1 rings (SSSR count). The average Bonchev–Trinajstić information content (AvgIpc) is 2.44. The molecule has 0 aromatic heterocycles. The summed E-state index contributed by atoms with van der Waals surface area (Å²) in [6.07, 6.45) is 5.51. The number of rotatable bonds is 4. The van der Waals surface area contributed by atoms with Gasteiger partial charge in [-0.3, -0.25) is 4.79 Å². The van der Waals surface area contributed by atoms with Gasteiger partial charge in [0.15, 0.2) is 0 Å². The molecule has 0 bridgehead atoms. The van der Waals surface area contributed by atoms with Gasteiger partial charge in [-0.15, -0.1) is 0 Å². The lowest BCUT2D eigenvalue weighted by Crippen LogP contribution is -2.49. The van der Waals surface area contributed by atoms with E-state index in [0.29, 0.717) is 24.2 Å². The molecular formula is C17H30N2O. The van der Waals surface area contributed by atoms with Crippen LogP contribution in [0.2, 0.25) is 0 Å². The van der Waals surface area contributed by atoms with Crippen LogP contribution in [-0.4, -0.2) is 11.4 Å². The molecule has 1 fully saturated rings. The van der Waals surface area contributed by atoms with Crippen molar-refractivity contribution >= 4 is 5.91 Å². The normalized spacial score (nSPS) is 24.0. The summed E-state index contributed by atoms with van der Waals surface area (Å²) in [6, 6.07) is 2.29. The first-order valence-electron chi connectivity index (χ1n) is 8.01. The van der Waals surface area contributed by atoms with Crippen LogP contribution in [-0.2, 0) is 4.79 Å². The molecule has 0 unspecified atom stereocenters. The summed E-state index contributed by atoms with van der Waals surface area (Å²) >= 11 is 0. The van der Waals surface area contributed by atoms with Crippen molar-refractivity contribution in [2.45, 2.75) is 78.7 Å². The molecule has 0 radical (unpaired) electrons. The summed E-state index contributed by atoms with van der Waals surface area (Å²) in [5, 5.41) is 12.3. The number of carbonyl (C=O) groups excluding carboxylic acids is 1. The first-order chi connectivity index (χ1) is 9.28. The predicted molar refractivity (Wildman–Crippen MR) is 82.0 cm³/mol. The minimum absolute atomic E-state index is 0.0857. The van der Waals surface area contributed by atoms with E-state index in [1.807, 2.05) is 13.8 Å². The van der Waals surface area contributed by atoms with Gasteiger partial charge in [0.05, 0.1) is 6.07 Å². The highest BCUT2D eigenvalue weighted by Gasteiger charge is 2.35. The molecular weight excluding hydrogens is 248 g/mol. The Bertz CT molecular complexity index is 363. The van der Waals surface area contributed by atoms with Crippen molar-refractivity contribution in [3.8, 4) is 6.07 Å². The maximum Gasteiger partial charge on any atom is 0.224 e. The standard InChI is InChI=1S/C17H30N2O/c1-6-17(7-2,12-18)19-15(20)13-8-10-14(11-9-13)16(3,4)5/h13-14H,6-11H2,1-5H3,(H,19,20). The molecule has 0 aromatic carbocycles. The Morgan fingerprint density at radius 1 is 1.15 bits per heavy atom. The number of hydrogen-bond donors (Lipinski definition) is 1. The lowest BCUT2D eigenvalue weighted by atomic mass is 9.69. The van der Waals surface area contributed by atoms with Crippen molar-refractivity contribution in [3.63, 3.8) is 0 Å². The molecule has 3 nitrogen and oxygen atoms in total. The molecule has 114 valence electrons. The fraction of sp³-hybridized carbons (Fsp3) is 0.882. The lowest BCUT2D eigenvalue weighted by molar-refractivity contribution is -0.128. The largest absolute Gasteiger partial charge is 0.338 e. The van der Waals surface area contributed by atoms with Crippen LogP contribution in [0.1, 0.15) is 73.1 Å². The maximum absolute atomic E-state index is 12.4. The van der Waals surface area contributed by atoms with Gasteiger partial charge in [0, 0.05) is 5.92 Å². The van der Waals surface area contributed by atoms with E-state index in [1.54, 1.807) is 0 Å². The van der Waals surface area contributed by atoms with Gasteiger partial charge in [-0.1, -0.05) is 34.6 Å². The molecule has 0 aliphatic heterocycles. The third-order valence-corrected chi connectivity index (χ3v) is 5.11. The molecule has 0 spiro atoms. The fourth-order valence-electron chi connectivity index (χ4n) is 3.17. The van der Waals surface area contributed by atoms with Crippen LogP contribution in [0.25, 0.3) is 0 Å². The number of hydrogen-bond acceptors (Lipinski definition) is 2. The molecule has 0 heterocycles. The summed E-state index contributed by atoms with van der Waals surface area (Å²) < 4.78 is 0. The first kappa shape index (κ1) is 17.0. The van der Waals surface area contributed by atoms with Crippen LogP contribution < -0.4 is 5.32 Å². The lowest BCUT2D eigenvalue weighted by Gasteiger charge is -2.37. The Kier molecular flexibility index (Phi) is 5.62. The fourth-order valence-corrected chi connectivity index (χ4v) is 3.17. The van der Waals surface area contributed by atoms with Gasteiger partial charge in [-0.05, 0) is 49.9 Å². The molecule has 0 atom stereocenters. The van der Waals surface area contributed by atoms with Gasteiger partial charge < -0.3 is 5.32 Å². The maximum atomic E-state index is 12.4. The molecule has 0 saturated heterocycles. The highest BCUT2D eigenvalue weighted by Crippen LogP contribution is 2.40. The summed E-state index contributed by atoms with van der Waals surface area (Å²) in [7, 11) is 0. The van der Waals surface area contributed by atoms with E-state index >= 15 is 0 Å². The molecule has 1 aliphatic carbocycles. The van der Waals surface area contributed by atoms with Gasteiger partial charge in [-0.2, -0.15) is 5.26 Å². The molecule has 20 heavy (non-hydrogen) atoms. The topological polar surface area (TPSA) is 52.9 Å². The minimum atomic E-state index is -0.669. The summed E-state index contributed by atoms with van der Waals surface area (Å²) in [6.45, 7) is 10.8. The average molecular weight is 278 g/mol. The Morgan fingerprint density at radius 3 is 2.00 bits per heavy atom. The first-order valence-corrected chi connectivity index (χ1v) is 8.01. The Balaban J connectivity index is 2.58. The molecule has 1 amide bonds. The monoisotopic (exact) mass is 278 g/mol. The second-order valence-corrected chi connectivity index (χ2v) is 7.30. The van der Waals surface area contributed by atoms with Gasteiger partial charge in [0.1, 0.15) is 5.54 Å². The second kappa shape index (κ2) is 6.61. The highest BCUT2D eigenvalue weighted by molar-refractivity contribution is 5.80. The van der Waals surface area contributed by atoms with Gasteiger partial charge in [0.2, 0.25) is 5.91 Å². The van der Waals surface area contributed by atoms with Crippen molar-refractivity contribution in [3.05, 3.63) is 0 Å². The van der Waals surface area contributed by atoms with Crippen molar-refractivity contribution in [2.75, 3.05) is 0 Å². The van der Waals surface area contributed by atoms with Crippen molar-refractivity contribution in [1.29, 1.82) is 5.26 Å². The van der Waals surface area contributed by atoms with Gasteiger partial charge in [0.25, 0.3) is 0 Å². The summed E-state index contributed by atoms with van der Waals surface area (Å²) in [5.74, 6) is 0.895. The summed E-state index contributed by atoms with van der Waals surface area (Å²) in [5.41, 5.74) is -0.331. The molecule has 1 saturated carbocycles. The van der Waals surface area contributed by atoms with Crippen LogP contribution in [0, 0.1) is 28.6 Å². The van der Waals surface area contributed by atoms with Crippen LogP contribution in [0.4, 0.5) is 0 Å². The zero-order chi connectivity index (χ0) is 15.4. The van der Waals surface area contributed by atoms with E-state index in [-0.39, 0.29) is 11.8 Å². The van der Waals surface area contributed by atoms with Crippen molar-refractivity contribution in [2.24, 2.45) is 17.3 Å². The van der Waals surface area contributed by atoms with Gasteiger partial charge in [-0.25, -0.2) is 0 Å².